The van der Waals surface area contributed by atoms with Gasteiger partial charge in [0.1, 0.15) is 0 Å². The Morgan fingerprint density at radius 1 is 0.884 bits per heavy atom. The number of amides is 2. The standard InChI is InChI=1S/C36H44N4O3/c1-36(2,3)28-16-13-25(14-17-28)34(42)37-30-20-26(35(43)38(4)29-9-6-5-7-10-29)15-18-32(30)39-21-24-19-27(23-39)31-11-8-12-33(41)40(31)22-24/h8,11-18,20,24,27,29H,5-7,9-10,19,21-23H2,1-4H3,(H,37,42). The van der Waals surface area contributed by atoms with E-state index in [-0.39, 0.29) is 34.7 Å². The molecule has 2 atom stereocenters. The fourth-order valence-corrected chi connectivity index (χ4v) is 7.29. The van der Waals surface area contributed by atoms with Gasteiger partial charge in [-0.2, -0.15) is 0 Å². The Kier molecular flexibility index (Phi) is 7.92. The first-order chi connectivity index (χ1) is 20.6. The van der Waals surface area contributed by atoms with E-state index in [4.69, 9.17) is 0 Å². The lowest BCUT2D eigenvalue weighted by molar-refractivity contribution is 0.0696. The van der Waals surface area contributed by atoms with Gasteiger partial charge in [-0.25, -0.2) is 0 Å². The van der Waals surface area contributed by atoms with Crippen molar-refractivity contribution < 1.29 is 9.59 Å². The van der Waals surface area contributed by atoms with Gasteiger partial charge in [-0.15, -0.1) is 0 Å². The lowest BCUT2D eigenvalue weighted by Crippen LogP contribution is -2.47. The van der Waals surface area contributed by atoms with Crippen molar-refractivity contribution in [3.8, 4) is 0 Å². The van der Waals surface area contributed by atoms with Crippen LogP contribution in [0.5, 0.6) is 0 Å². The van der Waals surface area contributed by atoms with Crippen molar-refractivity contribution in [1.29, 1.82) is 0 Å². The van der Waals surface area contributed by atoms with Gasteiger partial charge in [0.15, 0.2) is 0 Å². The second kappa shape index (κ2) is 11.7. The average Bonchev–Trinajstić information content (AvgIpc) is 3.01. The summed E-state index contributed by atoms with van der Waals surface area (Å²) in [5.74, 6) is 0.362. The number of hydrogen-bond acceptors (Lipinski definition) is 4. The Hall–Kier alpha value is -3.87. The first kappa shape index (κ1) is 29.2. The summed E-state index contributed by atoms with van der Waals surface area (Å²) < 4.78 is 1.93. The van der Waals surface area contributed by atoms with Crippen molar-refractivity contribution >= 4 is 23.2 Å². The Labute approximate surface area is 254 Å². The average molecular weight is 581 g/mol. The smallest absolute Gasteiger partial charge is 0.255 e. The predicted molar refractivity (Wildman–Crippen MR) is 172 cm³/mol. The molecule has 1 saturated carbocycles. The highest BCUT2D eigenvalue weighted by Crippen LogP contribution is 2.39. The molecule has 2 amide bonds. The molecule has 0 spiro atoms. The van der Waals surface area contributed by atoms with E-state index in [0.717, 1.165) is 56.6 Å². The third-order valence-electron chi connectivity index (χ3n) is 9.77. The van der Waals surface area contributed by atoms with Gasteiger partial charge in [0.2, 0.25) is 0 Å². The molecule has 7 nitrogen and oxygen atoms in total. The summed E-state index contributed by atoms with van der Waals surface area (Å²) in [4.78, 5) is 44.1. The second-order valence-corrected chi connectivity index (χ2v) is 13.8. The summed E-state index contributed by atoms with van der Waals surface area (Å²) in [6, 6.07) is 19.4. The van der Waals surface area contributed by atoms with Crippen LogP contribution in [0.25, 0.3) is 0 Å². The number of nitrogens with one attached hydrogen (secondary N) is 1. The van der Waals surface area contributed by atoms with Crippen LogP contribution in [0.4, 0.5) is 11.4 Å². The van der Waals surface area contributed by atoms with Gasteiger partial charge in [0.05, 0.1) is 11.4 Å². The van der Waals surface area contributed by atoms with Crippen molar-refractivity contribution in [2.75, 3.05) is 30.4 Å². The number of pyridine rings is 1. The van der Waals surface area contributed by atoms with Crippen LogP contribution >= 0.6 is 0 Å². The summed E-state index contributed by atoms with van der Waals surface area (Å²) in [7, 11) is 1.91. The molecule has 2 unspecified atom stereocenters. The Morgan fingerprint density at radius 2 is 1.60 bits per heavy atom. The molecule has 43 heavy (non-hydrogen) atoms. The highest BCUT2D eigenvalue weighted by Gasteiger charge is 2.35. The van der Waals surface area contributed by atoms with Gasteiger partial charge in [0.25, 0.3) is 17.4 Å². The molecule has 6 rings (SSSR count). The molecule has 2 aromatic carbocycles. The zero-order valence-corrected chi connectivity index (χ0v) is 25.9. The molecule has 2 fully saturated rings. The number of carbonyl (C=O) groups excluding carboxylic acids is 2. The van der Waals surface area contributed by atoms with E-state index in [1.54, 1.807) is 6.07 Å². The lowest BCUT2D eigenvalue weighted by atomic mass is 9.83. The topological polar surface area (TPSA) is 74.7 Å². The van der Waals surface area contributed by atoms with Crippen LogP contribution in [-0.4, -0.2) is 47.5 Å². The van der Waals surface area contributed by atoms with Gasteiger partial charge in [-0.1, -0.05) is 58.2 Å². The largest absolute Gasteiger partial charge is 0.369 e. The zero-order chi connectivity index (χ0) is 30.3. The maximum atomic E-state index is 13.7. The first-order valence-electron chi connectivity index (χ1n) is 15.9. The number of anilines is 2. The van der Waals surface area contributed by atoms with Crippen LogP contribution in [0.15, 0.2) is 65.5 Å². The van der Waals surface area contributed by atoms with E-state index in [9.17, 15) is 14.4 Å². The van der Waals surface area contributed by atoms with Gasteiger partial charge >= 0.3 is 0 Å². The predicted octanol–water partition coefficient (Wildman–Crippen LogP) is 6.43. The summed E-state index contributed by atoms with van der Waals surface area (Å²) in [6.45, 7) is 8.71. The molecule has 1 saturated heterocycles. The number of fused-ring (bicyclic) bond motifs is 4. The maximum Gasteiger partial charge on any atom is 0.255 e. The van der Waals surface area contributed by atoms with Gasteiger partial charge in [0, 0.05) is 61.5 Å². The molecule has 1 aromatic heterocycles. The van der Waals surface area contributed by atoms with Crippen LogP contribution in [-0.2, 0) is 12.0 Å². The maximum absolute atomic E-state index is 13.7. The van der Waals surface area contributed by atoms with Crippen molar-refractivity contribution in [3.63, 3.8) is 0 Å². The van der Waals surface area contributed by atoms with Crippen molar-refractivity contribution in [1.82, 2.24) is 9.47 Å². The molecular weight excluding hydrogens is 536 g/mol. The fraction of sp³-hybridized carbons (Fsp3) is 0.472. The fourth-order valence-electron chi connectivity index (χ4n) is 7.29. The molecule has 7 heteroatoms. The third kappa shape index (κ3) is 5.99. The minimum atomic E-state index is -0.193. The molecule has 1 aliphatic carbocycles. The van der Waals surface area contributed by atoms with Crippen LogP contribution < -0.4 is 15.8 Å². The summed E-state index contributed by atoms with van der Waals surface area (Å²) in [5, 5.41) is 3.18. The van der Waals surface area contributed by atoms with E-state index in [2.05, 4.69) is 37.1 Å². The molecule has 1 N–H and O–H groups in total. The number of benzene rings is 2. The van der Waals surface area contributed by atoms with E-state index in [1.807, 2.05) is 65.0 Å². The quantitative estimate of drug-likeness (QED) is 0.378. The van der Waals surface area contributed by atoms with Gasteiger partial charge in [-0.05, 0) is 72.6 Å². The third-order valence-corrected chi connectivity index (χ3v) is 9.77. The van der Waals surface area contributed by atoms with Gasteiger partial charge < -0.3 is 19.7 Å². The number of rotatable bonds is 5. The number of aromatic nitrogens is 1. The first-order valence-corrected chi connectivity index (χ1v) is 15.9. The second-order valence-electron chi connectivity index (χ2n) is 13.8. The summed E-state index contributed by atoms with van der Waals surface area (Å²) in [5.41, 5.74) is 5.05. The van der Waals surface area contributed by atoms with Crippen molar-refractivity contribution in [2.24, 2.45) is 5.92 Å². The lowest BCUT2D eigenvalue weighted by Gasteiger charge is -2.44. The van der Waals surface area contributed by atoms with E-state index < -0.39 is 0 Å². The summed E-state index contributed by atoms with van der Waals surface area (Å²) >= 11 is 0. The molecule has 0 radical (unpaired) electrons. The van der Waals surface area contributed by atoms with E-state index in [0.29, 0.717) is 29.3 Å². The molecule has 3 heterocycles. The Morgan fingerprint density at radius 3 is 2.33 bits per heavy atom. The highest BCUT2D eigenvalue weighted by atomic mass is 16.2. The molecule has 2 bridgehead atoms. The van der Waals surface area contributed by atoms with E-state index >= 15 is 0 Å². The van der Waals surface area contributed by atoms with Crippen LogP contribution in [0.3, 0.4) is 0 Å². The normalized spacial score (nSPS) is 20.3. The van der Waals surface area contributed by atoms with Crippen LogP contribution in [0.2, 0.25) is 0 Å². The van der Waals surface area contributed by atoms with Gasteiger partial charge in [-0.3, -0.25) is 14.4 Å². The van der Waals surface area contributed by atoms with Crippen molar-refractivity contribution in [3.05, 3.63) is 93.4 Å². The van der Waals surface area contributed by atoms with Crippen molar-refractivity contribution in [2.45, 2.75) is 83.2 Å². The monoisotopic (exact) mass is 580 g/mol. The Bertz CT molecular complexity index is 1560. The molecule has 3 aliphatic rings. The Balaban J connectivity index is 1.31. The minimum absolute atomic E-state index is 0.00267. The highest BCUT2D eigenvalue weighted by molar-refractivity contribution is 6.07. The molecule has 3 aromatic rings. The number of nitrogens with zero attached hydrogens (tertiary/aromatic N) is 3. The number of hydrogen-bond donors (Lipinski definition) is 1. The molecule has 2 aliphatic heterocycles. The SMILES string of the molecule is CN(C(=O)c1ccc(N2CC3CC(C2)c2cccc(=O)n2C3)c(NC(=O)c2ccc(C(C)(C)C)cc2)c1)C1CCCCC1. The minimum Gasteiger partial charge on any atom is -0.369 e. The molecular formula is C36H44N4O3. The number of carbonyl (C=O) groups is 2. The van der Waals surface area contributed by atoms with Crippen LogP contribution in [0, 0.1) is 5.92 Å². The van der Waals surface area contributed by atoms with E-state index in [1.165, 1.54) is 12.0 Å². The zero-order valence-electron chi connectivity index (χ0n) is 25.9. The van der Waals surface area contributed by atoms with Crippen LogP contribution in [0.1, 0.15) is 97.2 Å². The summed E-state index contributed by atoms with van der Waals surface area (Å²) in [6.07, 6.45) is 6.67. The number of piperidine rings is 1. The molecule has 226 valence electrons.